The highest BCUT2D eigenvalue weighted by atomic mass is 32.2. The summed E-state index contributed by atoms with van der Waals surface area (Å²) in [5.41, 5.74) is 1.39. The number of thioether (sulfide) groups is 1. The van der Waals surface area contributed by atoms with Crippen molar-refractivity contribution >= 4 is 28.7 Å². The third-order valence-electron chi connectivity index (χ3n) is 6.60. The van der Waals surface area contributed by atoms with Gasteiger partial charge in [-0.1, -0.05) is 42.5 Å². The molecule has 7 nitrogen and oxygen atoms in total. The molecule has 0 radical (unpaired) electrons. The van der Waals surface area contributed by atoms with Crippen molar-refractivity contribution in [3.63, 3.8) is 0 Å². The van der Waals surface area contributed by atoms with E-state index in [9.17, 15) is 14.7 Å². The van der Waals surface area contributed by atoms with Gasteiger partial charge in [-0.25, -0.2) is 4.98 Å². The van der Waals surface area contributed by atoms with Gasteiger partial charge in [0, 0.05) is 17.9 Å². The topological polar surface area (TPSA) is 108 Å². The number of hydrogen-bond donors (Lipinski definition) is 3. The highest BCUT2D eigenvalue weighted by Crippen LogP contribution is 2.44. The standard InChI is InChI=1S/C27H27N3O4S/c1-17-15-21(31)24(33)25(34-17)27(11-13-35-14-12-27)16-22(32)30-23(18-7-3-2-4-8-18)26-28-19-9-5-6-10-20(19)29-26/h2-10,15,23,33H,11-14,16H2,1H3,(H,28,29)(H,30,32). The number of benzene rings is 2. The van der Waals surface area contributed by atoms with Gasteiger partial charge in [-0.05, 0) is 49.0 Å². The molecule has 2 aromatic carbocycles. The molecule has 35 heavy (non-hydrogen) atoms. The lowest BCUT2D eigenvalue weighted by Gasteiger charge is -2.36. The van der Waals surface area contributed by atoms with Gasteiger partial charge in [0.15, 0.2) is 5.76 Å². The Morgan fingerprint density at radius 2 is 1.89 bits per heavy atom. The van der Waals surface area contributed by atoms with E-state index < -0.39 is 22.6 Å². The third kappa shape index (κ3) is 4.71. The van der Waals surface area contributed by atoms with Gasteiger partial charge in [0.25, 0.3) is 0 Å². The van der Waals surface area contributed by atoms with Crippen molar-refractivity contribution in [2.24, 2.45) is 0 Å². The first-order chi connectivity index (χ1) is 16.9. The van der Waals surface area contributed by atoms with E-state index >= 15 is 0 Å². The quantitative estimate of drug-likeness (QED) is 0.366. The van der Waals surface area contributed by atoms with Crippen LogP contribution >= 0.6 is 11.8 Å². The Morgan fingerprint density at radius 3 is 2.63 bits per heavy atom. The van der Waals surface area contributed by atoms with Gasteiger partial charge in [-0.3, -0.25) is 9.59 Å². The molecule has 1 aliphatic rings. The molecule has 8 heteroatoms. The summed E-state index contributed by atoms with van der Waals surface area (Å²) in [6.07, 6.45) is 1.36. The summed E-state index contributed by atoms with van der Waals surface area (Å²) in [7, 11) is 0. The van der Waals surface area contributed by atoms with Gasteiger partial charge in [0.1, 0.15) is 17.6 Å². The van der Waals surface area contributed by atoms with Crippen LogP contribution < -0.4 is 10.7 Å². The number of aromatic hydroxyl groups is 1. The molecule has 1 unspecified atom stereocenters. The van der Waals surface area contributed by atoms with E-state index in [2.05, 4.69) is 10.3 Å². The number of carbonyl (C=O) groups excluding carboxylic acids is 1. The van der Waals surface area contributed by atoms with Gasteiger partial charge in [0.2, 0.25) is 17.1 Å². The first-order valence-electron chi connectivity index (χ1n) is 11.7. The second-order valence-corrected chi connectivity index (χ2v) is 10.2. The summed E-state index contributed by atoms with van der Waals surface area (Å²) >= 11 is 1.80. The SMILES string of the molecule is Cc1cc(=O)c(O)c(C2(CC(=O)NC(c3ccccc3)c3nc4ccccc4[nH]3)CCSCC2)o1. The van der Waals surface area contributed by atoms with E-state index in [1.54, 1.807) is 18.7 Å². The van der Waals surface area contributed by atoms with Gasteiger partial charge >= 0.3 is 0 Å². The molecule has 1 amide bonds. The number of fused-ring (bicyclic) bond motifs is 1. The zero-order valence-electron chi connectivity index (χ0n) is 19.4. The van der Waals surface area contributed by atoms with E-state index in [1.807, 2.05) is 54.6 Å². The smallest absolute Gasteiger partial charge is 0.227 e. The number of imidazole rings is 1. The maximum atomic E-state index is 13.6. The summed E-state index contributed by atoms with van der Waals surface area (Å²) < 4.78 is 5.89. The number of nitrogens with zero attached hydrogens (tertiary/aromatic N) is 1. The van der Waals surface area contributed by atoms with Crippen LogP contribution in [-0.4, -0.2) is 32.5 Å². The Hall–Kier alpha value is -3.52. The molecule has 1 fully saturated rings. The molecule has 1 atom stereocenters. The van der Waals surface area contributed by atoms with Crippen LogP contribution in [0, 0.1) is 6.92 Å². The first kappa shape index (κ1) is 23.2. The molecule has 4 aromatic rings. The van der Waals surface area contributed by atoms with Crippen LogP contribution in [0.4, 0.5) is 0 Å². The minimum atomic E-state index is -0.750. The summed E-state index contributed by atoms with van der Waals surface area (Å²) in [4.78, 5) is 34.0. The summed E-state index contributed by atoms with van der Waals surface area (Å²) in [5, 5.41) is 13.8. The van der Waals surface area contributed by atoms with Crippen molar-refractivity contribution in [3.05, 3.63) is 93.8 Å². The van der Waals surface area contributed by atoms with Crippen LogP contribution in [-0.2, 0) is 10.2 Å². The Labute approximate surface area is 207 Å². The van der Waals surface area contributed by atoms with Crippen LogP contribution in [0.2, 0.25) is 0 Å². The van der Waals surface area contributed by atoms with Crippen molar-refractivity contribution in [2.75, 3.05) is 11.5 Å². The number of aromatic amines is 1. The molecule has 0 aliphatic carbocycles. The highest BCUT2D eigenvalue weighted by molar-refractivity contribution is 7.99. The zero-order valence-corrected chi connectivity index (χ0v) is 20.2. The highest BCUT2D eigenvalue weighted by Gasteiger charge is 2.42. The van der Waals surface area contributed by atoms with Crippen LogP contribution in [0.3, 0.4) is 0 Å². The number of hydrogen-bond acceptors (Lipinski definition) is 6. The van der Waals surface area contributed by atoms with Crippen molar-refractivity contribution in [3.8, 4) is 5.75 Å². The predicted molar refractivity (Wildman–Crippen MR) is 137 cm³/mol. The van der Waals surface area contributed by atoms with E-state index in [1.165, 1.54) is 6.07 Å². The van der Waals surface area contributed by atoms with Crippen molar-refractivity contribution in [1.82, 2.24) is 15.3 Å². The lowest BCUT2D eigenvalue weighted by Crippen LogP contribution is -2.40. The minimum Gasteiger partial charge on any atom is -0.502 e. The average molecular weight is 490 g/mol. The maximum absolute atomic E-state index is 13.6. The minimum absolute atomic E-state index is 0.0943. The summed E-state index contributed by atoms with van der Waals surface area (Å²) in [6, 6.07) is 18.2. The monoisotopic (exact) mass is 489 g/mol. The fourth-order valence-corrected chi connectivity index (χ4v) is 6.07. The van der Waals surface area contributed by atoms with E-state index in [0.717, 1.165) is 28.1 Å². The van der Waals surface area contributed by atoms with Crippen molar-refractivity contribution in [1.29, 1.82) is 0 Å². The van der Waals surface area contributed by atoms with Crippen molar-refractivity contribution in [2.45, 2.75) is 37.6 Å². The molecule has 180 valence electrons. The molecule has 3 N–H and O–H groups in total. The molecular formula is C27H27N3O4S. The van der Waals surface area contributed by atoms with Crippen LogP contribution in [0.1, 0.15) is 48.2 Å². The summed E-state index contributed by atoms with van der Waals surface area (Å²) in [5.74, 6) is 2.32. The molecule has 0 bridgehead atoms. The number of aryl methyl sites for hydroxylation is 1. The molecule has 1 aliphatic heterocycles. The largest absolute Gasteiger partial charge is 0.502 e. The van der Waals surface area contributed by atoms with Crippen LogP contribution in [0.15, 0.2) is 69.9 Å². The molecule has 2 aromatic heterocycles. The van der Waals surface area contributed by atoms with E-state index in [4.69, 9.17) is 9.40 Å². The lowest BCUT2D eigenvalue weighted by molar-refractivity contribution is -0.123. The number of H-pyrrole nitrogens is 1. The first-order valence-corrected chi connectivity index (χ1v) is 12.8. The normalized spacial score (nSPS) is 16.1. The van der Waals surface area contributed by atoms with Gasteiger partial charge < -0.3 is 19.8 Å². The van der Waals surface area contributed by atoms with E-state index in [0.29, 0.717) is 24.4 Å². The second-order valence-electron chi connectivity index (χ2n) is 9.02. The Balaban J connectivity index is 1.49. The number of nitrogens with one attached hydrogen (secondary N) is 2. The average Bonchev–Trinajstić information content (AvgIpc) is 3.30. The molecule has 0 saturated carbocycles. The maximum Gasteiger partial charge on any atom is 0.227 e. The third-order valence-corrected chi connectivity index (χ3v) is 7.58. The number of para-hydroxylation sites is 2. The van der Waals surface area contributed by atoms with Crippen LogP contribution in [0.5, 0.6) is 5.75 Å². The molecule has 0 spiro atoms. The van der Waals surface area contributed by atoms with Gasteiger partial charge in [-0.2, -0.15) is 11.8 Å². The second kappa shape index (κ2) is 9.62. The molecule has 1 saturated heterocycles. The van der Waals surface area contributed by atoms with Crippen molar-refractivity contribution < 1.29 is 14.3 Å². The number of amides is 1. The van der Waals surface area contributed by atoms with Crippen LogP contribution in [0.25, 0.3) is 11.0 Å². The fourth-order valence-electron chi connectivity index (χ4n) is 4.79. The number of rotatable bonds is 6. The fraction of sp³-hybridized carbons (Fsp3) is 0.296. The molecule has 5 rings (SSSR count). The number of carbonyl (C=O) groups is 1. The van der Waals surface area contributed by atoms with E-state index in [-0.39, 0.29) is 18.1 Å². The number of aromatic nitrogens is 2. The molecule has 3 heterocycles. The predicted octanol–water partition coefficient (Wildman–Crippen LogP) is 4.59. The van der Waals surface area contributed by atoms with Gasteiger partial charge in [-0.15, -0.1) is 0 Å². The molecular weight excluding hydrogens is 462 g/mol. The van der Waals surface area contributed by atoms with Gasteiger partial charge in [0.05, 0.1) is 11.0 Å². The summed E-state index contributed by atoms with van der Waals surface area (Å²) in [6.45, 7) is 1.68. The zero-order chi connectivity index (χ0) is 24.4. The Morgan fingerprint density at radius 1 is 1.17 bits per heavy atom. The Bertz CT molecular complexity index is 1370. The lowest BCUT2D eigenvalue weighted by atomic mass is 9.75. The Kier molecular flexibility index (Phi) is 6.38.